The summed E-state index contributed by atoms with van der Waals surface area (Å²) in [6.07, 6.45) is -0.709. The fourth-order valence-corrected chi connectivity index (χ4v) is 6.10. The van der Waals surface area contributed by atoms with Gasteiger partial charge in [-0.05, 0) is 30.3 Å². The number of aliphatic hydroxyl groups is 1. The Hall–Kier alpha value is -1.59. The van der Waals surface area contributed by atoms with Gasteiger partial charge in [0.2, 0.25) is 10.0 Å². The number of piperazine rings is 1. The van der Waals surface area contributed by atoms with Crippen molar-refractivity contribution in [2.24, 2.45) is 0 Å². The summed E-state index contributed by atoms with van der Waals surface area (Å²) in [5.41, 5.74) is 1.03. The van der Waals surface area contributed by atoms with Crippen molar-refractivity contribution in [3.63, 3.8) is 0 Å². The lowest BCUT2D eigenvalue weighted by atomic mass is 10.2. The zero-order valence-corrected chi connectivity index (χ0v) is 21.1. The van der Waals surface area contributed by atoms with Gasteiger partial charge in [0, 0.05) is 45.8 Å². The lowest BCUT2D eigenvalue weighted by molar-refractivity contribution is 0.0663. The number of benzene rings is 2. The van der Waals surface area contributed by atoms with Crippen molar-refractivity contribution < 1.29 is 23.0 Å². The molecule has 0 aliphatic carbocycles. The molecule has 0 spiro atoms. The summed E-state index contributed by atoms with van der Waals surface area (Å²) in [5, 5.41) is 11.4. The van der Waals surface area contributed by atoms with Gasteiger partial charge in [-0.3, -0.25) is 4.90 Å². The van der Waals surface area contributed by atoms with E-state index in [4.69, 9.17) is 32.7 Å². The fraction of sp³-hybridized carbons (Fsp3) is 0.478. The summed E-state index contributed by atoms with van der Waals surface area (Å²) in [6, 6.07) is 12.2. The SMILES string of the molecule is O=S(=O)(c1ccc(OCC(O)CN2CCN(c3ccccc3Cl)CC2)c(Cl)c1)N1CCOCC1. The highest BCUT2D eigenvalue weighted by atomic mass is 35.5. The summed E-state index contributed by atoms with van der Waals surface area (Å²) in [7, 11) is -3.63. The van der Waals surface area contributed by atoms with Crippen molar-refractivity contribution in [3.8, 4) is 5.75 Å². The molecular weight excluding hydrogens is 501 g/mol. The first-order valence-electron chi connectivity index (χ1n) is 11.2. The van der Waals surface area contributed by atoms with E-state index in [1.807, 2.05) is 24.3 Å². The maximum Gasteiger partial charge on any atom is 0.243 e. The van der Waals surface area contributed by atoms with Crippen LogP contribution in [0.1, 0.15) is 0 Å². The number of nitrogens with zero attached hydrogens (tertiary/aromatic N) is 3. The molecule has 2 fully saturated rings. The van der Waals surface area contributed by atoms with E-state index < -0.39 is 16.1 Å². The molecule has 0 aromatic heterocycles. The number of ether oxygens (including phenoxy) is 2. The zero-order chi connectivity index (χ0) is 24.1. The first kappa shape index (κ1) is 25.5. The van der Waals surface area contributed by atoms with Crippen LogP contribution in [0.15, 0.2) is 47.4 Å². The minimum atomic E-state index is -3.63. The predicted octanol–water partition coefficient (Wildman–Crippen LogP) is 2.58. The third kappa shape index (κ3) is 6.15. The molecule has 0 amide bonds. The molecule has 2 aliphatic rings. The molecule has 34 heavy (non-hydrogen) atoms. The van der Waals surface area contributed by atoms with Crippen molar-refractivity contribution in [1.82, 2.24) is 9.21 Å². The van der Waals surface area contributed by atoms with Gasteiger partial charge in [0.25, 0.3) is 0 Å². The number of hydrogen-bond donors (Lipinski definition) is 1. The van der Waals surface area contributed by atoms with Crippen LogP contribution in [0, 0.1) is 0 Å². The Kier molecular flexibility index (Phi) is 8.57. The second-order valence-electron chi connectivity index (χ2n) is 8.31. The molecule has 1 N–H and O–H groups in total. The molecule has 2 saturated heterocycles. The van der Waals surface area contributed by atoms with Crippen molar-refractivity contribution in [2.75, 3.05) is 70.5 Å². The first-order chi connectivity index (χ1) is 16.3. The molecular formula is C23H29Cl2N3O5S. The molecule has 11 heteroatoms. The molecule has 4 rings (SSSR count). The van der Waals surface area contributed by atoms with Crippen LogP contribution in [0.5, 0.6) is 5.75 Å². The summed E-state index contributed by atoms with van der Waals surface area (Å²) in [4.78, 5) is 4.54. The largest absolute Gasteiger partial charge is 0.489 e. The number of anilines is 1. The standard InChI is InChI=1S/C23H29Cl2N3O5S/c24-20-3-1-2-4-22(20)27-9-7-26(8-10-27)16-18(29)17-33-23-6-5-19(15-21(23)25)34(30,31)28-11-13-32-14-12-28/h1-6,15,18,29H,7-14,16-17H2. The summed E-state index contributed by atoms with van der Waals surface area (Å²) >= 11 is 12.6. The highest BCUT2D eigenvalue weighted by Gasteiger charge is 2.27. The molecule has 8 nitrogen and oxygen atoms in total. The number of hydrogen-bond acceptors (Lipinski definition) is 7. The van der Waals surface area contributed by atoms with Gasteiger partial charge in [-0.2, -0.15) is 4.31 Å². The lowest BCUT2D eigenvalue weighted by Crippen LogP contribution is -2.49. The van der Waals surface area contributed by atoms with Gasteiger partial charge in [-0.25, -0.2) is 8.42 Å². The number of aliphatic hydroxyl groups excluding tert-OH is 1. The molecule has 1 unspecified atom stereocenters. The van der Waals surface area contributed by atoms with Gasteiger partial charge >= 0.3 is 0 Å². The van der Waals surface area contributed by atoms with Crippen LogP contribution in [0.25, 0.3) is 0 Å². The van der Waals surface area contributed by atoms with Crippen molar-refractivity contribution in [3.05, 3.63) is 52.5 Å². The van der Waals surface area contributed by atoms with Crippen LogP contribution in [-0.2, 0) is 14.8 Å². The van der Waals surface area contributed by atoms with E-state index in [2.05, 4.69) is 9.80 Å². The van der Waals surface area contributed by atoms with E-state index >= 15 is 0 Å². The number of halogens is 2. The highest BCUT2D eigenvalue weighted by Crippen LogP contribution is 2.29. The Morgan fingerprint density at radius 1 is 0.971 bits per heavy atom. The smallest absolute Gasteiger partial charge is 0.243 e. The molecule has 1 atom stereocenters. The van der Waals surface area contributed by atoms with Gasteiger partial charge in [0.1, 0.15) is 18.5 Å². The van der Waals surface area contributed by atoms with Crippen molar-refractivity contribution >= 4 is 38.9 Å². The Balaban J connectivity index is 1.26. The fourth-order valence-electron chi connectivity index (χ4n) is 4.11. The summed E-state index contributed by atoms with van der Waals surface area (Å²) in [6.45, 7) is 5.16. The average molecular weight is 530 g/mol. The van der Waals surface area contributed by atoms with E-state index in [0.717, 1.165) is 36.9 Å². The van der Waals surface area contributed by atoms with E-state index in [1.165, 1.54) is 22.5 Å². The Morgan fingerprint density at radius 2 is 1.68 bits per heavy atom. The molecule has 0 saturated carbocycles. The van der Waals surface area contributed by atoms with Crippen LogP contribution >= 0.6 is 23.2 Å². The van der Waals surface area contributed by atoms with Crippen LogP contribution in [0.3, 0.4) is 0 Å². The summed E-state index contributed by atoms with van der Waals surface area (Å²) < 4.78 is 37.9. The molecule has 0 radical (unpaired) electrons. The predicted molar refractivity (Wildman–Crippen MR) is 133 cm³/mol. The van der Waals surface area contributed by atoms with Gasteiger partial charge in [0.15, 0.2) is 0 Å². The quantitative estimate of drug-likeness (QED) is 0.562. The lowest BCUT2D eigenvalue weighted by Gasteiger charge is -2.37. The molecule has 0 bridgehead atoms. The van der Waals surface area contributed by atoms with Crippen molar-refractivity contribution in [1.29, 1.82) is 0 Å². The number of morpholine rings is 1. The van der Waals surface area contributed by atoms with Crippen LogP contribution < -0.4 is 9.64 Å². The maximum atomic E-state index is 12.8. The molecule has 2 aromatic carbocycles. The van der Waals surface area contributed by atoms with Gasteiger partial charge in [-0.15, -0.1) is 0 Å². The summed E-state index contributed by atoms with van der Waals surface area (Å²) in [5.74, 6) is 0.338. The average Bonchev–Trinajstić information content (AvgIpc) is 2.84. The number of para-hydroxylation sites is 1. The second-order valence-corrected chi connectivity index (χ2v) is 11.1. The van der Waals surface area contributed by atoms with E-state index in [0.29, 0.717) is 38.6 Å². The molecule has 186 valence electrons. The topological polar surface area (TPSA) is 82.5 Å². The van der Waals surface area contributed by atoms with Gasteiger partial charge in [-0.1, -0.05) is 35.3 Å². The number of sulfonamides is 1. The monoisotopic (exact) mass is 529 g/mol. The molecule has 2 aliphatic heterocycles. The van der Waals surface area contributed by atoms with Crippen LogP contribution in [0.2, 0.25) is 10.0 Å². The van der Waals surface area contributed by atoms with E-state index in [1.54, 1.807) is 0 Å². The third-order valence-electron chi connectivity index (χ3n) is 5.98. The van der Waals surface area contributed by atoms with Crippen LogP contribution in [0.4, 0.5) is 5.69 Å². The Morgan fingerprint density at radius 3 is 2.35 bits per heavy atom. The first-order valence-corrected chi connectivity index (χ1v) is 13.4. The maximum absolute atomic E-state index is 12.8. The normalized spacial score (nSPS) is 19.2. The second kappa shape index (κ2) is 11.4. The number of rotatable bonds is 8. The van der Waals surface area contributed by atoms with E-state index in [9.17, 15) is 13.5 Å². The minimum absolute atomic E-state index is 0.0556. The van der Waals surface area contributed by atoms with Gasteiger partial charge in [0.05, 0.1) is 33.8 Å². The van der Waals surface area contributed by atoms with Crippen LogP contribution in [-0.4, -0.2) is 94.5 Å². The molecule has 2 aromatic rings. The van der Waals surface area contributed by atoms with Gasteiger partial charge < -0.3 is 19.5 Å². The third-order valence-corrected chi connectivity index (χ3v) is 8.49. The molecule has 2 heterocycles. The minimum Gasteiger partial charge on any atom is -0.489 e. The van der Waals surface area contributed by atoms with Crippen molar-refractivity contribution in [2.45, 2.75) is 11.0 Å². The Labute approximate surface area is 210 Å². The highest BCUT2D eigenvalue weighted by molar-refractivity contribution is 7.89. The number of β-amino-alcohol motifs (C(OH)–C–C–N with tert-alkyl or cyclic N) is 1. The van der Waals surface area contributed by atoms with E-state index in [-0.39, 0.29) is 16.5 Å². The Bertz CT molecular complexity index is 1070. The zero-order valence-electron chi connectivity index (χ0n) is 18.8.